The molecule has 0 fully saturated rings. The van der Waals surface area contributed by atoms with E-state index >= 15 is 0 Å². The lowest BCUT2D eigenvalue weighted by molar-refractivity contribution is 0.112. The summed E-state index contributed by atoms with van der Waals surface area (Å²) in [6.07, 6.45) is 0.904. The van der Waals surface area contributed by atoms with Crippen molar-refractivity contribution in [1.82, 2.24) is 0 Å². The summed E-state index contributed by atoms with van der Waals surface area (Å²) < 4.78 is 0. The molecule has 0 unspecified atom stereocenters. The molecule has 0 heterocycles. The number of aryl methyl sites for hydroxylation is 3. The molecule has 24 heavy (non-hydrogen) atoms. The highest BCUT2D eigenvalue weighted by molar-refractivity contribution is 5.82. The second-order valence-electron chi connectivity index (χ2n) is 6.17. The molecule has 0 amide bonds. The summed E-state index contributed by atoms with van der Waals surface area (Å²) in [6, 6.07) is 22.9. The molecule has 0 saturated carbocycles. The molecule has 0 aliphatic heterocycles. The van der Waals surface area contributed by atoms with Gasteiger partial charge in [0, 0.05) is 22.6 Å². The van der Waals surface area contributed by atoms with Gasteiger partial charge in [-0.1, -0.05) is 35.4 Å². The normalized spacial score (nSPS) is 10.5. The van der Waals surface area contributed by atoms with E-state index in [0.717, 1.165) is 34.5 Å². The molecule has 0 atom stereocenters. The van der Waals surface area contributed by atoms with Crippen LogP contribution < -0.4 is 4.90 Å². The van der Waals surface area contributed by atoms with Crippen LogP contribution in [0, 0.1) is 20.8 Å². The molecular formula is C22H21NO. The van der Waals surface area contributed by atoms with Crippen molar-refractivity contribution < 1.29 is 4.79 Å². The maximum atomic E-state index is 11.1. The fraction of sp³-hybridized carbons (Fsp3) is 0.136. The Bertz CT molecular complexity index is 803. The fourth-order valence-corrected chi connectivity index (χ4v) is 2.77. The highest BCUT2D eigenvalue weighted by Crippen LogP contribution is 2.35. The van der Waals surface area contributed by atoms with Gasteiger partial charge in [-0.25, -0.2) is 0 Å². The van der Waals surface area contributed by atoms with Gasteiger partial charge in [0.1, 0.15) is 6.29 Å². The monoisotopic (exact) mass is 315 g/mol. The lowest BCUT2D eigenvalue weighted by atomic mass is 10.1. The van der Waals surface area contributed by atoms with Gasteiger partial charge >= 0.3 is 0 Å². The third-order valence-corrected chi connectivity index (χ3v) is 4.22. The van der Waals surface area contributed by atoms with Crippen molar-refractivity contribution in [2.45, 2.75) is 20.8 Å². The minimum Gasteiger partial charge on any atom is -0.310 e. The predicted molar refractivity (Wildman–Crippen MR) is 101 cm³/mol. The van der Waals surface area contributed by atoms with Crippen molar-refractivity contribution in [2.24, 2.45) is 0 Å². The fourth-order valence-electron chi connectivity index (χ4n) is 2.77. The van der Waals surface area contributed by atoms with E-state index in [1.165, 1.54) is 11.1 Å². The molecule has 3 rings (SSSR count). The zero-order chi connectivity index (χ0) is 17.1. The summed E-state index contributed by atoms with van der Waals surface area (Å²) in [5.41, 5.74) is 7.42. The van der Waals surface area contributed by atoms with Gasteiger partial charge in [0.15, 0.2) is 0 Å². The number of carbonyl (C=O) groups is 1. The van der Waals surface area contributed by atoms with Crippen molar-refractivity contribution >= 4 is 23.3 Å². The summed E-state index contributed by atoms with van der Waals surface area (Å²) in [5.74, 6) is 0. The molecule has 0 N–H and O–H groups in total. The van der Waals surface area contributed by atoms with E-state index in [-0.39, 0.29) is 0 Å². The molecular weight excluding hydrogens is 294 g/mol. The van der Waals surface area contributed by atoms with Crippen molar-refractivity contribution in [3.63, 3.8) is 0 Å². The Morgan fingerprint density at radius 1 is 0.667 bits per heavy atom. The molecule has 0 saturated heterocycles. The van der Waals surface area contributed by atoms with Gasteiger partial charge in [0.25, 0.3) is 0 Å². The largest absolute Gasteiger partial charge is 0.310 e. The van der Waals surface area contributed by atoms with Crippen LogP contribution in [0.1, 0.15) is 27.0 Å². The Balaban J connectivity index is 2.14. The van der Waals surface area contributed by atoms with Crippen LogP contribution in [-0.4, -0.2) is 6.29 Å². The van der Waals surface area contributed by atoms with E-state index in [0.29, 0.717) is 0 Å². The molecule has 0 aliphatic carbocycles. The smallest absolute Gasteiger partial charge is 0.150 e. The number of aldehydes is 1. The SMILES string of the molecule is Cc1ccc(N(c2ccc(C)cc2)c2ccc(C=O)c(C)c2)cc1. The Kier molecular flexibility index (Phi) is 4.48. The highest BCUT2D eigenvalue weighted by Gasteiger charge is 2.13. The summed E-state index contributed by atoms with van der Waals surface area (Å²) in [7, 11) is 0. The van der Waals surface area contributed by atoms with Crippen molar-refractivity contribution in [1.29, 1.82) is 0 Å². The molecule has 2 nitrogen and oxygen atoms in total. The first-order valence-corrected chi connectivity index (χ1v) is 8.08. The molecule has 2 heteroatoms. The number of hydrogen-bond donors (Lipinski definition) is 0. The molecule has 3 aromatic rings. The topological polar surface area (TPSA) is 20.3 Å². The van der Waals surface area contributed by atoms with Gasteiger partial charge in [-0.05, 0) is 68.8 Å². The lowest BCUT2D eigenvalue weighted by Gasteiger charge is -2.26. The average molecular weight is 315 g/mol. The van der Waals surface area contributed by atoms with Gasteiger partial charge in [-0.3, -0.25) is 4.79 Å². The van der Waals surface area contributed by atoms with Gasteiger partial charge in [0.2, 0.25) is 0 Å². The first-order chi connectivity index (χ1) is 11.6. The second kappa shape index (κ2) is 6.71. The predicted octanol–water partition coefficient (Wildman–Crippen LogP) is 5.89. The van der Waals surface area contributed by atoms with Crippen LogP contribution in [-0.2, 0) is 0 Å². The third kappa shape index (κ3) is 3.23. The molecule has 0 spiro atoms. The van der Waals surface area contributed by atoms with Crippen LogP contribution in [0.15, 0.2) is 66.7 Å². The molecule has 0 aliphatic rings. The van der Waals surface area contributed by atoms with Crippen molar-refractivity contribution in [3.8, 4) is 0 Å². The Morgan fingerprint density at radius 3 is 1.54 bits per heavy atom. The third-order valence-electron chi connectivity index (χ3n) is 4.22. The van der Waals surface area contributed by atoms with Gasteiger partial charge in [0.05, 0.1) is 0 Å². The van der Waals surface area contributed by atoms with Crippen LogP contribution in [0.5, 0.6) is 0 Å². The van der Waals surface area contributed by atoms with Gasteiger partial charge < -0.3 is 4.90 Å². The number of anilines is 3. The maximum absolute atomic E-state index is 11.1. The zero-order valence-corrected chi connectivity index (χ0v) is 14.3. The zero-order valence-electron chi connectivity index (χ0n) is 14.3. The van der Waals surface area contributed by atoms with Crippen LogP contribution in [0.4, 0.5) is 17.1 Å². The molecule has 0 radical (unpaired) electrons. The van der Waals surface area contributed by atoms with E-state index in [9.17, 15) is 4.79 Å². The first kappa shape index (κ1) is 16.0. The number of nitrogens with zero attached hydrogens (tertiary/aromatic N) is 1. The van der Waals surface area contributed by atoms with Crippen LogP contribution >= 0.6 is 0 Å². The Morgan fingerprint density at radius 2 is 1.12 bits per heavy atom. The molecule has 120 valence electrons. The van der Waals surface area contributed by atoms with E-state index in [4.69, 9.17) is 0 Å². The quantitative estimate of drug-likeness (QED) is 0.559. The molecule has 0 bridgehead atoms. The second-order valence-corrected chi connectivity index (χ2v) is 6.17. The highest BCUT2D eigenvalue weighted by atomic mass is 16.1. The number of rotatable bonds is 4. The van der Waals surface area contributed by atoms with Crippen LogP contribution in [0.3, 0.4) is 0 Å². The standard InChI is InChI=1S/C22H21NO/c1-16-4-9-20(10-5-16)23(21-11-6-17(2)7-12-21)22-13-8-19(15-24)18(3)14-22/h4-15H,1-3H3. The van der Waals surface area contributed by atoms with Crippen LogP contribution in [0.25, 0.3) is 0 Å². The molecule has 0 aromatic heterocycles. The van der Waals surface area contributed by atoms with Gasteiger partial charge in [-0.15, -0.1) is 0 Å². The lowest BCUT2D eigenvalue weighted by Crippen LogP contribution is -2.10. The molecule has 3 aromatic carbocycles. The Labute approximate surface area is 143 Å². The van der Waals surface area contributed by atoms with E-state index in [1.54, 1.807) is 0 Å². The van der Waals surface area contributed by atoms with Gasteiger partial charge in [-0.2, -0.15) is 0 Å². The van der Waals surface area contributed by atoms with Crippen molar-refractivity contribution in [2.75, 3.05) is 4.90 Å². The summed E-state index contributed by atoms with van der Waals surface area (Å²) in [6.45, 7) is 6.14. The van der Waals surface area contributed by atoms with E-state index in [1.807, 2.05) is 19.1 Å². The number of benzene rings is 3. The summed E-state index contributed by atoms with van der Waals surface area (Å²) >= 11 is 0. The number of hydrogen-bond acceptors (Lipinski definition) is 2. The van der Waals surface area contributed by atoms with E-state index in [2.05, 4.69) is 73.3 Å². The summed E-state index contributed by atoms with van der Waals surface area (Å²) in [5, 5.41) is 0. The van der Waals surface area contributed by atoms with Crippen LogP contribution in [0.2, 0.25) is 0 Å². The average Bonchev–Trinajstić information content (AvgIpc) is 2.59. The van der Waals surface area contributed by atoms with Crippen molar-refractivity contribution in [3.05, 3.63) is 89.0 Å². The number of carbonyl (C=O) groups excluding carboxylic acids is 1. The summed E-state index contributed by atoms with van der Waals surface area (Å²) in [4.78, 5) is 13.3. The minimum absolute atomic E-state index is 0.728. The Hall–Kier alpha value is -2.87. The van der Waals surface area contributed by atoms with E-state index < -0.39 is 0 Å². The first-order valence-electron chi connectivity index (χ1n) is 8.08. The minimum atomic E-state index is 0.728. The maximum Gasteiger partial charge on any atom is 0.150 e.